The molecule has 1 rings (SSSR count). The van der Waals surface area contributed by atoms with Crippen LogP contribution in [0.5, 0.6) is 0 Å². The fourth-order valence-corrected chi connectivity index (χ4v) is 1.90. The Bertz CT molecular complexity index is 503. The number of rotatable bonds is 2. The molecule has 0 unspecified atom stereocenters. The number of hydrogen-bond acceptors (Lipinski definition) is 3. The summed E-state index contributed by atoms with van der Waals surface area (Å²) in [5.74, 6) is 0. The summed E-state index contributed by atoms with van der Waals surface area (Å²) in [4.78, 5) is 9.85. The van der Waals surface area contributed by atoms with Gasteiger partial charge in [0, 0.05) is 4.47 Å². The van der Waals surface area contributed by atoms with Crippen molar-refractivity contribution in [1.29, 1.82) is 0 Å². The first-order valence-corrected chi connectivity index (χ1v) is 5.81. The molecule has 6 heteroatoms. The van der Waals surface area contributed by atoms with Crippen molar-refractivity contribution in [3.05, 3.63) is 28.2 Å². The summed E-state index contributed by atoms with van der Waals surface area (Å²) in [5, 5.41) is 0. The third kappa shape index (κ3) is 2.29. The molecule has 0 aliphatic heterocycles. The van der Waals surface area contributed by atoms with Gasteiger partial charge >= 0.3 is 0 Å². The maximum absolute atomic E-state index is 11.3. The van der Waals surface area contributed by atoms with Crippen LogP contribution in [0, 0.1) is 6.92 Å². The Morgan fingerprint density at radius 1 is 1.43 bits per heavy atom. The highest BCUT2D eigenvalue weighted by atomic mass is 79.9. The zero-order valence-electron chi connectivity index (χ0n) is 7.19. The lowest BCUT2D eigenvalue weighted by Gasteiger charge is -2.00. The van der Waals surface area contributed by atoms with Crippen LogP contribution in [0.3, 0.4) is 0 Å². The van der Waals surface area contributed by atoms with Crippen molar-refractivity contribution in [2.75, 3.05) is 0 Å². The molecule has 0 radical (unpaired) electrons. The Hall–Kier alpha value is -0.970. The molecule has 74 valence electrons. The van der Waals surface area contributed by atoms with E-state index >= 15 is 0 Å². The molecule has 0 amide bonds. The van der Waals surface area contributed by atoms with Crippen molar-refractivity contribution in [2.24, 2.45) is 4.40 Å². The van der Waals surface area contributed by atoms with E-state index in [0.717, 1.165) is 16.1 Å². The van der Waals surface area contributed by atoms with E-state index in [1.54, 1.807) is 13.0 Å². The first-order chi connectivity index (χ1) is 6.47. The minimum atomic E-state index is -3.87. The van der Waals surface area contributed by atoms with E-state index in [9.17, 15) is 13.2 Å². The summed E-state index contributed by atoms with van der Waals surface area (Å²) in [7, 11) is -3.87. The molecule has 0 bridgehead atoms. The maximum Gasteiger partial charge on any atom is 0.292 e. The first kappa shape index (κ1) is 11.1. The normalized spacial score (nSPS) is 10.7. The highest BCUT2D eigenvalue weighted by Crippen LogP contribution is 2.20. The standard InChI is InChI=1S/C8H6BrNO3S/c1-6-4-7(2-3-8(6)9)14(12,13)10-5-11/h2-4H,1H3. The van der Waals surface area contributed by atoms with Crippen LogP contribution in [0.25, 0.3) is 0 Å². The van der Waals surface area contributed by atoms with Crippen molar-refractivity contribution >= 4 is 32.0 Å². The minimum absolute atomic E-state index is 0.0125. The first-order valence-electron chi connectivity index (χ1n) is 3.57. The number of halogens is 1. The predicted octanol–water partition coefficient (Wildman–Crippen LogP) is 1.78. The summed E-state index contributed by atoms with van der Waals surface area (Å²) in [6.07, 6.45) is 1.02. The molecular formula is C8H6BrNO3S. The molecular weight excluding hydrogens is 270 g/mol. The third-order valence-corrected chi connectivity index (χ3v) is 3.64. The number of sulfonamides is 1. The number of nitrogens with zero attached hydrogens (tertiary/aromatic N) is 1. The highest BCUT2D eigenvalue weighted by molar-refractivity contribution is 9.10. The van der Waals surface area contributed by atoms with Crippen LogP contribution in [0.4, 0.5) is 0 Å². The van der Waals surface area contributed by atoms with Gasteiger partial charge in [-0.1, -0.05) is 20.3 Å². The molecule has 0 saturated heterocycles. The Kier molecular flexibility index (Phi) is 3.21. The third-order valence-electron chi connectivity index (χ3n) is 1.58. The highest BCUT2D eigenvalue weighted by Gasteiger charge is 2.12. The molecule has 0 saturated carbocycles. The molecule has 4 nitrogen and oxygen atoms in total. The number of hydrogen-bond donors (Lipinski definition) is 0. The fraction of sp³-hybridized carbons (Fsp3) is 0.125. The van der Waals surface area contributed by atoms with E-state index in [2.05, 4.69) is 20.3 Å². The molecule has 0 aliphatic rings. The second-order valence-electron chi connectivity index (χ2n) is 2.57. The molecule has 0 spiro atoms. The molecule has 0 fully saturated rings. The van der Waals surface area contributed by atoms with Crippen LogP contribution in [-0.4, -0.2) is 14.5 Å². The molecule has 0 heterocycles. The number of isocyanates is 1. The van der Waals surface area contributed by atoms with Crippen LogP contribution >= 0.6 is 15.9 Å². The molecule has 1 aromatic carbocycles. The van der Waals surface area contributed by atoms with Crippen LogP contribution in [0.1, 0.15) is 5.56 Å². The summed E-state index contributed by atoms with van der Waals surface area (Å²) in [6.45, 7) is 1.74. The Morgan fingerprint density at radius 3 is 2.57 bits per heavy atom. The van der Waals surface area contributed by atoms with Crippen molar-refractivity contribution in [3.63, 3.8) is 0 Å². The van der Waals surface area contributed by atoms with Gasteiger partial charge in [0.05, 0.1) is 4.90 Å². The Morgan fingerprint density at radius 2 is 2.07 bits per heavy atom. The van der Waals surface area contributed by atoms with Gasteiger partial charge in [0.25, 0.3) is 16.1 Å². The average molecular weight is 276 g/mol. The SMILES string of the molecule is Cc1cc(S(=O)(=O)N=C=O)ccc1Br. The second kappa shape index (κ2) is 4.04. The zero-order chi connectivity index (χ0) is 10.8. The van der Waals surface area contributed by atoms with E-state index in [4.69, 9.17) is 0 Å². The average Bonchev–Trinajstić information content (AvgIpc) is 2.09. The quantitative estimate of drug-likeness (QED) is 0.611. The maximum atomic E-state index is 11.3. The van der Waals surface area contributed by atoms with E-state index in [1.165, 1.54) is 12.1 Å². The van der Waals surface area contributed by atoms with Gasteiger partial charge in [-0.2, -0.15) is 8.42 Å². The summed E-state index contributed by atoms with van der Waals surface area (Å²) < 4.78 is 26.0. The number of aryl methyl sites for hydroxylation is 1. The molecule has 0 N–H and O–H groups in total. The monoisotopic (exact) mass is 275 g/mol. The van der Waals surface area contributed by atoms with Crippen molar-refractivity contribution < 1.29 is 13.2 Å². The lowest BCUT2D eigenvalue weighted by Crippen LogP contribution is -1.96. The Labute approximate surface area is 89.8 Å². The number of benzene rings is 1. The van der Waals surface area contributed by atoms with E-state index < -0.39 is 10.0 Å². The summed E-state index contributed by atoms with van der Waals surface area (Å²) >= 11 is 3.23. The van der Waals surface area contributed by atoms with Gasteiger partial charge in [0.1, 0.15) is 0 Å². The van der Waals surface area contributed by atoms with Gasteiger partial charge in [0.15, 0.2) is 0 Å². The van der Waals surface area contributed by atoms with E-state index in [0.29, 0.717) is 0 Å². The largest absolute Gasteiger partial charge is 0.292 e. The van der Waals surface area contributed by atoms with Gasteiger partial charge in [0.2, 0.25) is 0 Å². The van der Waals surface area contributed by atoms with Crippen LogP contribution in [-0.2, 0) is 14.8 Å². The van der Waals surface area contributed by atoms with Crippen molar-refractivity contribution in [3.8, 4) is 0 Å². The molecule has 14 heavy (non-hydrogen) atoms. The molecule has 0 aromatic heterocycles. The van der Waals surface area contributed by atoms with E-state index in [1.807, 2.05) is 0 Å². The summed E-state index contributed by atoms with van der Waals surface area (Å²) in [5.41, 5.74) is 0.757. The van der Waals surface area contributed by atoms with Gasteiger partial charge < -0.3 is 0 Å². The summed E-state index contributed by atoms with van der Waals surface area (Å²) in [6, 6.07) is 4.38. The Balaban J connectivity index is 3.35. The van der Waals surface area contributed by atoms with Gasteiger partial charge in [-0.15, -0.1) is 0 Å². The van der Waals surface area contributed by atoms with Crippen molar-refractivity contribution in [1.82, 2.24) is 0 Å². The lowest BCUT2D eigenvalue weighted by atomic mass is 10.2. The van der Waals surface area contributed by atoms with E-state index in [-0.39, 0.29) is 4.90 Å². The molecule has 0 aliphatic carbocycles. The van der Waals surface area contributed by atoms with Gasteiger partial charge in [-0.3, -0.25) is 0 Å². The smallest absolute Gasteiger partial charge is 0.210 e. The van der Waals surface area contributed by atoms with Crippen molar-refractivity contribution in [2.45, 2.75) is 11.8 Å². The topological polar surface area (TPSA) is 63.6 Å². The van der Waals surface area contributed by atoms with Gasteiger partial charge in [-0.25, -0.2) is 4.79 Å². The zero-order valence-corrected chi connectivity index (χ0v) is 9.59. The van der Waals surface area contributed by atoms with Crippen LogP contribution in [0.15, 0.2) is 32.0 Å². The predicted molar refractivity (Wildman–Crippen MR) is 54.2 cm³/mol. The molecule has 1 aromatic rings. The van der Waals surface area contributed by atoms with Gasteiger partial charge in [-0.05, 0) is 30.7 Å². The minimum Gasteiger partial charge on any atom is -0.210 e. The number of carbonyl (C=O) groups excluding carboxylic acids is 1. The second-order valence-corrected chi connectivity index (χ2v) is 5.03. The fourth-order valence-electron chi connectivity index (χ4n) is 0.879. The van der Waals surface area contributed by atoms with Crippen LogP contribution in [0.2, 0.25) is 0 Å². The molecule has 0 atom stereocenters. The van der Waals surface area contributed by atoms with Crippen LogP contribution < -0.4 is 0 Å². The lowest BCUT2D eigenvalue weighted by molar-refractivity contribution is 0.563.